The number of carbonyl (C=O) groups excluding carboxylic acids is 1. The molecule has 0 atom stereocenters. The number of carbonyl (C=O) groups is 1. The van der Waals surface area contributed by atoms with Crippen molar-refractivity contribution >= 4 is 50.4 Å². The molecule has 0 saturated carbocycles. The molecular formula is C18H16ClN3O8S2. The van der Waals surface area contributed by atoms with E-state index in [4.69, 9.17) is 35.5 Å². The highest BCUT2D eigenvalue weighted by molar-refractivity contribution is 7.89. The van der Waals surface area contributed by atoms with Crippen LogP contribution in [0.5, 0.6) is 17.2 Å². The second-order valence-corrected chi connectivity index (χ2v) is 9.26. The Kier molecular flexibility index (Phi) is 6.01. The Balaban J connectivity index is 1.94. The van der Waals surface area contributed by atoms with Crippen molar-refractivity contribution in [1.82, 2.24) is 5.16 Å². The van der Waals surface area contributed by atoms with Gasteiger partial charge >= 0.3 is 0 Å². The lowest BCUT2D eigenvalue weighted by molar-refractivity contribution is 0.0994. The number of aryl methyl sites for hydroxylation is 1. The van der Waals surface area contributed by atoms with Gasteiger partial charge in [-0.2, -0.15) is 0 Å². The quantitative estimate of drug-likeness (QED) is 0.496. The third-order valence-corrected chi connectivity index (χ3v) is 6.77. The van der Waals surface area contributed by atoms with Gasteiger partial charge in [-0.05, 0) is 18.4 Å². The molecule has 11 nitrogen and oxygen atoms in total. The summed E-state index contributed by atoms with van der Waals surface area (Å²) in [7, 11) is -4.20. The molecule has 0 fully saturated rings. The number of anilines is 2. The van der Waals surface area contributed by atoms with Gasteiger partial charge in [-0.3, -0.25) is 4.79 Å². The Morgan fingerprint density at radius 2 is 2.09 bits per heavy atom. The molecule has 0 radical (unpaired) electrons. The van der Waals surface area contributed by atoms with Crippen molar-refractivity contribution in [1.29, 1.82) is 0 Å². The first kappa shape index (κ1) is 22.4. The van der Waals surface area contributed by atoms with Gasteiger partial charge in [0.2, 0.25) is 16.8 Å². The Morgan fingerprint density at radius 1 is 1.38 bits per heavy atom. The zero-order valence-electron chi connectivity index (χ0n) is 16.4. The van der Waals surface area contributed by atoms with Crippen molar-refractivity contribution in [3.63, 3.8) is 0 Å². The number of primary sulfonamides is 1. The Bertz CT molecular complexity index is 1290. The van der Waals surface area contributed by atoms with E-state index < -0.39 is 15.9 Å². The molecule has 0 unspecified atom stereocenters. The molecule has 1 aliphatic rings. The van der Waals surface area contributed by atoms with Crippen LogP contribution in [0.1, 0.15) is 15.4 Å². The minimum absolute atomic E-state index is 0.0258. The molecule has 0 saturated heterocycles. The van der Waals surface area contributed by atoms with E-state index in [1.165, 1.54) is 23.6 Å². The highest BCUT2D eigenvalue weighted by Crippen LogP contribution is 2.47. The molecule has 0 bridgehead atoms. The van der Waals surface area contributed by atoms with Crippen LogP contribution in [0.2, 0.25) is 5.02 Å². The van der Waals surface area contributed by atoms with E-state index in [1.807, 2.05) is 0 Å². The lowest BCUT2D eigenvalue weighted by Gasteiger charge is -2.23. The maximum absolute atomic E-state index is 13.7. The number of hydrogen-bond donors (Lipinski definition) is 2. The normalized spacial score (nSPS) is 12.8. The summed E-state index contributed by atoms with van der Waals surface area (Å²) in [5, 5.41) is 19.7. The molecule has 3 N–H and O–H groups in total. The van der Waals surface area contributed by atoms with E-state index in [0.29, 0.717) is 17.2 Å². The molecule has 32 heavy (non-hydrogen) atoms. The van der Waals surface area contributed by atoms with Crippen LogP contribution in [0.15, 0.2) is 33.0 Å². The largest absolute Gasteiger partial charge is 0.489 e. The summed E-state index contributed by atoms with van der Waals surface area (Å²) in [6, 6.07) is 4.15. The lowest BCUT2D eigenvalue weighted by Crippen LogP contribution is -2.28. The molecule has 1 aliphatic heterocycles. The van der Waals surface area contributed by atoms with Gasteiger partial charge in [0.1, 0.15) is 32.8 Å². The summed E-state index contributed by atoms with van der Waals surface area (Å²) in [5.74, 6) is -0.199. The molecule has 14 heteroatoms. The third kappa shape index (κ3) is 4.00. The average molecular weight is 502 g/mol. The fraction of sp³-hybridized carbons (Fsp3) is 0.222. The number of aliphatic hydroxyl groups is 1. The SMILES string of the molecule is Cc1noc(N(C(=O)c2sccc2S(N)(=O)=O)c2cc3c(cc2OCCO)OCO3)c1Cl. The number of rotatable bonds is 7. The van der Waals surface area contributed by atoms with Crippen molar-refractivity contribution in [2.75, 3.05) is 24.9 Å². The van der Waals surface area contributed by atoms with Crippen LogP contribution in [0, 0.1) is 6.92 Å². The number of amides is 1. The van der Waals surface area contributed by atoms with Gasteiger partial charge in [-0.15, -0.1) is 11.3 Å². The minimum atomic E-state index is -4.20. The van der Waals surface area contributed by atoms with Crippen LogP contribution in [-0.4, -0.2) is 44.6 Å². The van der Waals surface area contributed by atoms with E-state index in [-0.39, 0.29) is 52.1 Å². The van der Waals surface area contributed by atoms with Crippen LogP contribution >= 0.6 is 22.9 Å². The summed E-state index contributed by atoms with van der Waals surface area (Å²) in [6.07, 6.45) is 0. The Hall–Kier alpha value is -2.84. The topological polar surface area (TPSA) is 154 Å². The van der Waals surface area contributed by atoms with Crippen molar-refractivity contribution in [3.05, 3.63) is 39.2 Å². The number of halogens is 1. The van der Waals surface area contributed by atoms with Crippen molar-refractivity contribution in [3.8, 4) is 17.2 Å². The number of aromatic nitrogens is 1. The molecule has 170 valence electrons. The number of hydrogen-bond acceptors (Lipinski definition) is 10. The lowest BCUT2D eigenvalue weighted by atomic mass is 10.2. The molecular weight excluding hydrogens is 486 g/mol. The first-order valence-electron chi connectivity index (χ1n) is 8.96. The van der Waals surface area contributed by atoms with E-state index in [2.05, 4.69) is 5.16 Å². The zero-order valence-corrected chi connectivity index (χ0v) is 18.8. The van der Waals surface area contributed by atoms with Crippen LogP contribution in [0.3, 0.4) is 0 Å². The monoisotopic (exact) mass is 501 g/mol. The number of fused-ring (bicyclic) bond motifs is 1. The molecule has 4 rings (SSSR count). The van der Waals surface area contributed by atoms with Gasteiger partial charge in [-0.1, -0.05) is 16.8 Å². The smallest absolute Gasteiger partial charge is 0.276 e. The van der Waals surface area contributed by atoms with E-state index >= 15 is 0 Å². The summed E-state index contributed by atoms with van der Waals surface area (Å²) >= 11 is 7.21. The van der Waals surface area contributed by atoms with Gasteiger partial charge < -0.3 is 23.8 Å². The molecule has 3 aromatic rings. The Morgan fingerprint density at radius 3 is 2.72 bits per heavy atom. The van der Waals surface area contributed by atoms with Crippen molar-refractivity contribution < 1.29 is 37.1 Å². The number of thiophene rings is 1. The predicted octanol–water partition coefficient (Wildman–Crippen LogP) is 2.42. The molecule has 0 aliphatic carbocycles. The summed E-state index contributed by atoms with van der Waals surface area (Å²) < 4.78 is 45.7. The van der Waals surface area contributed by atoms with Crippen molar-refractivity contribution in [2.24, 2.45) is 5.14 Å². The van der Waals surface area contributed by atoms with Gasteiger partial charge in [0.05, 0.1) is 12.3 Å². The molecule has 0 spiro atoms. The number of ether oxygens (including phenoxy) is 3. The van der Waals surface area contributed by atoms with Crippen molar-refractivity contribution in [2.45, 2.75) is 11.8 Å². The number of aliphatic hydroxyl groups excluding tert-OH is 1. The highest BCUT2D eigenvalue weighted by Gasteiger charge is 2.34. The fourth-order valence-corrected chi connectivity index (χ4v) is 4.99. The molecule has 3 heterocycles. The first-order valence-corrected chi connectivity index (χ1v) is 11.8. The standard InChI is InChI=1S/C18H16ClN3O8S2/c1-9-15(19)18(30-21-9)22(17(24)16-14(2-5-31-16)32(20,25)26)10-6-12-13(29-8-28-12)7-11(10)27-4-3-23/h2,5-7,23H,3-4,8H2,1H3,(H2,20,25,26). The number of nitrogens with two attached hydrogens (primary N) is 1. The number of benzene rings is 1. The molecule has 2 aromatic heterocycles. The predicted molar refractivity (Wildman–Crippen MR) is 114 cm³/mol. The first-order chi connectivity index (χ1) is 15.2. The maximum Gasteiger partial charge on any atom is 0.276 e. The van der Waals surface area contributed by atoms with Crippen LogP contribution in [0.25, 0.3) is 0 Å². The summed E-state index contributed by atoms with van der Waals surface area (Å²) in [4.78, 5) is 14.1. The van der Waals surface area contributed by atoms with Crippen LogP contribution < -0.4 is 24.2 Å². The molecule has 1 amide bonds. The zero-order chi connectivity index (χ0) is 23.0. The number of sulfonamides is 1. The molecule has 1 aromatic carbocycles. The average Bonchev–Trinajstić information content (AvgIpc) is 3.48. The van der Waals surface area contributed by atoms with E-state index in [0.717, 1.165) is 16.2 Å². The minimum Gasteiger partial charge on any atom is -0.489 e. The summed E-state index contributed by atoms with van der Waals surface area (Å²) in [5.41, 5.74) is 0.399. The van der Waals surface area contributed by atoms with Crippen LogP contribution in [0.4, 0.5) is 11.6 Å². The number of nitrogens with zero attached hydrogens (tertiary/aromatic N) is 2. The fourth-order valence-electron chi connectivity index (χ4n) is 2.93. The van der Waals surface area contributed by atoms with Gasteiger partial charge in [-0.25, -0.2) is 18.5 Å². The van der Waals surface area contributed by atoms with E-state index in [9.17, 15) is 18.3 Å². The summed E-state index contributed by atoms with van der Waals surface area (Å²) in [6.45, 7) is 1.13. The second kappa shape index (κ2) is 8.60. The highest BCUT2D eigenvalue weighted by atomic mass is 35.5. The second-order valence-electron chi connectivity index (χ2n) is 6.43. The third-order valence-electron chi connectivity index (χ3n) is 4.35. The Labute approximate surface area is 190 Å². The van der Waals surface area contributed by atoms with E-state index in [1.54, 1.807) is 6.92 Å². The van der Waals surface area contributed by atoms with Gasteiger partial charge in [0, 0.05) is 12.1 Å². The van der Waals surface area contributed by atoms with Gasteiger partial charge in [0.25, 0.3) is 11.8 Å². The maximum atomic E-state index is 13.7. The van der Waals surface area contributed by atoms with Gasteiger partial charge in [0.15, 0.2) is 11.5 Å². The van der Waals surface area contributed by atoms with Crippen LogP contribution in [-0.2, 0) is 10.0 Å².